The van der Waals surface area contributed by atoms with Crippen LogP contribution in [0.2, 0.25) is 0 Å². The summed E-state index contributed by atoms with van der Waals surface area (Å²) in [5.41, 5.74) is 2.00. The number of esters is 1. The summed E-state index contributed by atoms with van der Waals surface area (Å²) in [6, 6.07) is 14.0. The highest BCUT2D eigenvalue weighted by Gasteiger charge is 2.16. The molecule has 0 aliphatic carbocycles. The Morgan fingerprint density at radius 1 is 0.931 bits per heavy atom. The molecule has 3 rings (SSSR count). The number of allylic oxidation sites excluding steroid dienone is 1. The molecule has 1 aromatic heterocycles. The predicted octanol–water partition coefficient (Wildman–Crippen LogP) is 5.19. The van der Waals surface area contributed by atoms with Crippen molar-refractivity contribution in [1.82, 2.24) is 0 Å². The van der Waals surface area contributed by atoms with E-state index >= 15 is 0 Å². The van der Waals surface area contributed by atoms with E-state index in [9.17, 15) is 9.59 Å². The Labute approximate surface area is 173 Å². The molecule has 0 N–H and O–H groups in total. The monoisotopic (exact) mass is 408 g/mol. The van der Waals surface area contributed by atoms with Gasteiger partial charge in [-0.2, -0.15) is 0 Å². The zero-order chi connectivity index (χ0) is 20.8. The number of carbonyl (C=O) groups is 2. The molecule has 0 saturated heterocycles. The van der Waals surface area contributed by atoms with E-state index in [2.05, 4.69) is 0 Å². The SMILES string of the molecule is COc1ccc(C=CC(=O)c2cc(C)ccc2OC(=O)c2cccs2)cc1OC. The van der Waals surface area contributed by atoms with Gasteiger partial charge in [-0.1, -0.05) is 29.8 Å². The van der Waals surface area contributed by atoms with Gasteiger partial charge in [0.25, 0.3) is 0 Å². The van der Waals surface area contributed by atoms with E-state index in [1.54, 1.807) is 68.1 Å². The average Bonchev–Trinajstić information content (AvgIpc) is 3.28. The predicted molar refractivity (Wildman–Crippen MR) is 113 cm³/mol. The van der Waals surface area contributed by atoms with Crippen molar-refractivity contribution in [3.63, 3.8) is 0 Å². The van der Waals surface area contributed by atoms with Crippen LogP contribution in [0.1, 0.15) is 31.2 Å². The van der Waals surface area contributed by atoms with Crippen molar-refractivity contribution in [3.05, 3.63) is 81.6 Å². The first kappa shape index (κ1) is 20.4. The molecule has 148 valence electrons. The zero-order valence-corrected chi connectivity index (χ0v) is 17.1. The minimum absolute atomic E-state index is 0.232. The molecule has 0 amide bonds. The van der Waals surface area contributed by atoms with E-state index < -0.39 is 5.97 Å². The first-order valence-electron chi connectivity index (χ1n) is 8.82. The van der Waals surface area contributed by atoms with E-state index in [1.807, 2.05) is 13.0 Å². The molecular weight excluding hydrogens is 388 g/mol. The van der Waals surface area contributed by atoms with Crippen molar-refractivity contribution in [3.8, 4) is 17.2 Å². The molecule has 0 aliphatic heterocycles. The fourth-order valence-corrected chi connectivity index (χ4v) is 3.29. The maximum atomic E-state index is 12.8. The number of thiophene rings is 1. The van der Waals surface area contributed by atoms with E-state index in [4.69, 9.17) is 14.2 Å². The number of hydrogen-bond acceptors (Lipinski definition) is 6. The largest absolute Gasteiger partial charge is 0.493 e. The van der Waals surface area contributed by atoms with Gasteiger partial charge in [-0.05, 0) is 54.3 Å². The van der Waals surface area contributed by atoms with E-state index in [-0.39, 0.29) is 11.5 Å². The molecule has 0 spiro atoms. The first-order valence-corrected chi connectivity index (χ1v) is 9.70. The third kappa shape index (κ3) is 4.92. The highest BCUT2D eigenvalue weighted by atomic mass is 32.1. The standard InChI is InChI=1S/C23H20O5S/c1-15-6-10-19(28-23(25)22-5-4-12-29-22)17(13-15)18(24)9-7-16-8-11-20(26-2)21(14-16)27-3/h4-14H,1-3H3. The van der Waals surface area contributed by atoms with Crippen LogP contribution < -0.4 is 14.2 Å². The molecule has 0 bridgehead atoms. The number of ether oxygens (including phenoxy) is 3. The molecule has 3 aromatic rings. The maximum Gasteiger partial charge on any atom is 0.353 e. The molecule has 0 atom stereocenters. The number of carbonyl (C=O) groups excluding carboxylic acids is 2. The molecule has 0 unspecified atom stereocenters. The molecular formula is C23H20O5S. The van der Waals surface area contributed by atoms with Crippen molar-refractivity contribution < 1.29 is 23.8 Å². The van der Waals surface area contributed by atoms with Gasteiger partial charge in [-0.25, -0.2) is 4.79 Å². The number of hydrogen-bond donors (Lipinski definition) is 0. The number of ketones is 1. The van der Waals surface area contributed by atoms with Crippen molar-refractivity contribution in [2.24, 2.45) is 0 Å². The molecule has 2 aromatic carbocycles. The number of aryl methyl sites for hydroxylation is 1. The van der Waals surface area contributed by atoms with Gasteiger partial charge in [-0.3, -0.25) is 4.79 Å². The fraction of sp³-hybridized carbons (Fsp3) is 0.130. The Morgan fingerprint density at radius 3 is 2.38 bits per heavy atom. The Balaban J connectivity index is 1.84. The van der Waals surface area contributed by atoms with Crippen molar-refractivity contribution >= 4 is 29.2 Å². The lowest BCUT2D eigenvalue weighted by Gasteiger charge is -2.09. The number of rotatable bonds is 7. The van der Waals surface area contributed by atoms with Gasteiger partial charge in [0.15, 0.2) is 17.3 Å². The first-order chi connectivity index (χ1) is 14.0. The third-order valence-electron chi connectivity index (χ3n) is 4.16. The van der Waals surface area contributed by atoms with Gasteiger partial charge < -0.3 is 14.2 Å². The van der Waals surface area contributed by atoms with Crippen LogP contribution in [0.15, 0.2) is 60.0 Å². The van der Waals surface area contributed by atoms with Gasteiger partial charge in [0.1, 0.15) is 10.6 Å². The molecule has 6 heteroatoms. The lowest BCUT2D eigenvalue weighted by Crippen LogP contribution is -2.10. The minimum atomic E-state index is -0.484. The summed E-state index contributed by atoms with van der Waals surface area (Å²) in [7, 11) is 3.12. The van der Waals surface area contributed by atoms with Crippen LogP contribution in [0.25, 0.3) is 6.08 Å². The summed E-state index contributed by atoms with van der Waals surface area (Å²) < 4.78 is 16.0. The van der Waals surface area contributed by atoms with E-state index in [0.29, 0.717) is 21.9 Å². The average molecular weight is 408 g/mol. The zero-order valence-electron chi connectivity index (χ0n) is 16.3. The summed E-state index contributed by atoms with van der Waals surface area (Å²) in [5, 5.41) is 1.80. The van der Waals surface area contributed by atoms with E-state index in [0.717, 1.165) is 11.1 Å². The topological polar surface area (TPSA) is 61.8 Å². The van der Waals surface area contributed by atoms with Crippen LogP contribution in [-0.4, -0.2) is 26.0 Å². The van der Waals surface area contributed by atoms with Crippen LogP contribution in [0.4, 0.5) is 0 Å². The lowest BCUT2D eigenvalue weighted by atomic mass is 10.0. The fourth-order valence-electron chi connectivity index (χ4n) is 2.69. The minimum Gasteiger partial charge on any atom is -0.493 e. The summed E-state index contributed by atoms with van der Waals surface area (Å²) in [6.45, 7) is 1.87. The Bertz CT molecular complexity index is 1050. The van der Waals surface area contributed by atoms with Crippen molar-refractivity contribution in [2.45, 2.75) is 6.92 Å². The Kier molecular flexibility index (Phi) is 6.46. The van der Waals surface area contributed by atoms with Gasteiger partial charge in [0, 0.05) is 0 Å². The molecule has 0 aliphatic rings. The number of benzene rings is 2. The smallest absolute Gasteiger partial charge is 0.353 e. The van der Waals surface area contributed by atoms with Crippen molar-refractivity contribution in [2.75, 3.05) is 14.2 Å². The molecule has 0 radical (unpaired) electrons. The van der Waals surface area contributed by atoms with Crippen LogP contribution in [-0.2, 0) is 0 Å². The molecule has 29 heavy (non-hydrogen) atoms. The molecule has 1 heterocycles. The number of methoxy groups -OCH3 is 2. The second-order valence-corrected chi connectivity index (χ2v) is 7.13. The van der Waals surface area contributed by atoms with Gasteiger partial charge in [-0.15, -0.1) is 11.3 Å². The van der Waals surface area contributed by atoms with Crippen LogP contribution in [0.3, 0.4) is 0 Å². The van der Waals surface area contributed by atoms with Gasteiger partial charge in [0.2, 0.25) is 0 Å². The molecule has 0 fully saturated rings. The highest BCUT2D eigenvalue weighted by Crippen LogP contribution is 2.28. The van der Waals surface area contributed by atoms with Gasteiger partial charge in [0.05, 0.1) is 19.8 Å². The molecule has 5 nitrogen and oxygen atoms in total. The highest BCUT2D eigenvalue weighted by molar-refractivity contribution is 7.12. The quantitative estimate of drug-likeness (QED) is 0.233. The second-order valence-electron chi connectivity index (χ2n) is 6.18. The summed E-state index contributed by atoms with van der Waals surface area (Å²) in [5.74, 6) is 0.663. The second kappa shape index (κ2) is 9.21. The molecule has 0 saturated carbocycles. The van der Waals surface area contributed by atoms with E-state index in [1.165, 1.54) is 17.4 Å². The Morgan fingerprint density at radius 2 is 1.69 bits per heavy atom. The normalized spacial score (nSPS) is 10.7. The Hall–Kier alpha value is -3.38. The van der Waals surface area contributed by atoms with Gasteiger partial charge >= 0.3 is 5.97 Å². The summed E-state index contributed by atoms with van der Waals surface area (Å²) >= 11 is 1.29. The summed E-state index contributed by atoms with van der Waals surface area (Å²) in [4.78, 5) is 25.6. The maximum absolute atomic E-state index is 12.8. The lowest BCUT2D eigenvalue weighted by molar-refractivity contribution is 0.0738. The summed E-state index contributed by atoms with van der Waals surface area (Å²) in [6.07, 6.45) is 3.12. The van der Waals surface area contributed by atoms with Crippen molar-refractivity contribution in [1.29, 1.82) is 0 Å². The van der Waals surface area contributed by atoms with Crippen LogP contribution in [0.5, 0.6) is 17.2 Å². The van der Waals surface area contributed by atoms with Crippen LogP contribution >= 0.6 is 11.3 Å². The third-order valence-corrected chi connectivity index (χ3v) is 5.01. The van der Waals surface area contributed by atoms with Crippen LogP contribution in [0, 0.1) is 6.92 Å².